The Morgan fingerprint density at radius 1 is 1.16 bits per heavy atom. The van der Waals surface area contributed by atoms with Crippen LogP contribution in [0.2, 0.25) is 0 Å². The molecule has 2 heterocycles. The molecule has 1 aliphatic rings. The van der Waals surface area contributed by atoms with Gasteiger partial charge in [-0.25, -0.2) is 0 Å². The number of aliphatic hydroxyl groups is 2. The van der Waals surface area contributed by atoms with Crippen molar-refractivity contribution in [2.45, 2.75) is 18.4 Å². The minimum absolute atomic E-state index is 0.0839. The van der Waals surface area contributed by atoms with E-state index in [2.05, 4.69) is 14.7 Å². The Labute approximate surface area is 174 Å². The zero-order valence-corrected chi connectivity index (χ0v) is 16.1. The molecule has 4 rings (SSSR count). The third-order valence-corrected chi connectivity index (χ3v) is 5.22. The van der Waals surface area contributed by atoms with Crippen LogP contribution in [0.3, 0.4) is 0 Å². The lowest BCUT2D eigenvalue weighted by atomic mass is 9.83. The van der Waals surface area contributed by atoms with Crippen LogP contribution in [0, 0.1) is 0 Å². The molecule has 10 heteroatoms. The van der Waals surface area contributed by atoms with Gasteiger partial charge in [0.25, 0.3) is 0 Å². The minimum Gasteiger partial charge on any atom is -0.406 e. The van der Waals surface area contributed by atoms with Crippen molar-refractivity contribution in [1.29, 1.82) is 0 Å². The number of benzene rings is 2. The number of carbonyl (C=O) groups is 1. The Kier molecular flexibility index (Phi) is 5.50. The standard InChI is InChI=1S/C21H18F3N3O4/c22-21(23,24)31-14-3-1-12(2-4-14)16-7-15(13-8-27(9-13)11-29)18(17(30)10-28)20-19(16)25-5-6-26-20/h1-7,11,13,17,28,30H,8-10H2. The van der Waals surface area contributed by atoms with Crippen molar-refractivity contribution in [3.8, 4) is 16.9 Å². The Hall–Kier alpha value is -3.24. The van der Waals surface area contributed by atoms with E-state index in [9.17, 15) is 28.2 Å². The van der Waals surface area contributed by atoms with Crippen LogP contribution in [0.1, 0.15) is 23.1 Å². The molecule has 7 nitrogen and oxygen atoms in total. The van der Waals surface area contributed by atoms with E-state index in [0.29, 0.717) is 46.4 Å². The Morgan fingerprint density at radius 2 is 1.81 bits per heavy atom. The molecule has 1 aromatic heterocycles. The van der Waals surface area contributed by atoms with Crippen molar-refractivity contribution >= 4 is 17.4 Å². The second-order valence-corrected chi connectivity index (χ2v) is 7.21. The van der Waals surface area contributed by atoms with Gasteiger partial charge in [-0.3, -0.25) is 14.8 Å². The first-order chi connectivity index (χ1) is 14.8. The number of alkyl halides is 3. The van der Waals surface area contributed by atoms with E-state index in [4.69, 9.17) is 0 Å². The Bertz CT molecular complexity index is 1100. The summed E-state index contributed by atoms with van der Waals surface area (Å²) in [4.78, 5) is 21.3. The number of hydrogen-bond donors (Lipinski definition) is 2. The Morgan fingerprint density at radius 3 is 2.39 bits per heavy atom. The van der Waals surface area contributed by atoms with Gasteiger partial charge in [0, 0.05) is 42.5 Å². The molecule has 2 aromatic carbocycles. The van der Waals surface area contributed by atoms with Crippen LogP contribution in [-0.4, -0.2) is 57.5 Å². The molecule has 0 spiro atoms. The fraction of sp³-hybridized carbons (Fsp3) is 0.286. The number of ether oxygens (including phenoxy) is 1. The molecule has 2 N–H and O–H groups in total. The summed E-state index contributed by atoms with van der Waals surface area (Å²) < 4.78 is 41.3. The fourth-order valence-corrected chi connectivity index (χ4v) is 3.80. The van der Waals surface area contributed by atoms with Gasteiger partial charge in [0.05, 0.1) is 17.6 Å². The summed E-state index contributed by atoms with van der Waals surface area (Å²) in [6, 6.07) is 7.17. The number of carbonyl (C=O) groups excluding carboxylic acids is 1. The summed E-state index contributed by atoms with van der Waals surface area (Å²) in [5.74, 6) is -0.431. The maximum absolute atomic E-state index is 12.5. The lowest BCUT2D eigenvalue weighted by molar-refractivity contribution is -0.274. The van der Waals surface area contributed by atoms with Gasteiger partial charge in [-0.2, -0.15) is 0 Å². The highest BCUT2D eigenvalue weighted by Crippen LogP contribution is 2.40. The van der Waals surface area contributed by atoms with E-state index in [0.717, 1.165) is 6.41 Å². The van der Waals surface area contributed by atoms with Crippen LogP contribution in [0.25, 0.3) is 22.2 Å². The molecule has 1 atom stereocenters. The number of aliphatic hydroxyl groups excluding tert-OH is 2. The van der Waals surface area contributed by atoms with Crippen molar-refractivity contribution in [2.24, 2.45) is 0 Å². The van der Waals surface area contributed by atoms with Gasteiger partial charge in [-0.15, -0.1) is 13.2 Å². The normalized spacial score (nSPS) is 15.6. The highest BCUT2D eigenvalue weighted by molar-refractivity contribution is 5.94. The second kappa shape index (κ2) is 8.12. The van der Waals surface area contributed by atoms with Gasteiger partial charge >= 0.3 is 6.36 Å². The summed E-state index contributed by atoms with van der Waals surface area (Å²) in [6.45, 7) is 0.363. The molecule has 0 aliphatic carbocycles. The largest absolute Gasteiger partial charge is 0.573 e. The number of amides is 1. The maximum Gasteiger partial charge on any atom is 0.573 e. The average Bonchev–Trinajstić information content (AvgIpc) is 2.71. The van der Waals surface area contributed by atoms with Crippen LogP contribution in [0.15, 0.2) is 42.7 Å². The van der Waals surface area contributed by atoms with Crippen molar-refractivity contribution in [1.82, 2.24) is 14.9 Å². The first-order valence-electron chi connectivity index (χ1n) is 9.42. The summed E-state index contributed by atoms with van der Waals surface area (Å²) >= 11 is 0. The number of halogens is 3. The molecule has 1 amide bonds. The zero-order valence-electron chi connectivity index (χ0n) is 16.1. The summed E-state index contributed by atoms with van der Waals surface area (Å²) in [7, 11) is 0. The molecule has 1 aliphatic heterocycles. The Balaban J connectivity index is 1.85. The van der Waals surface area contributed by atoms with Crippen LogP contribution in [0.5, 0.6) is 5.75 Å². The molecule has 1 fully saturated rings. The van der Waals surface area contributed by atoms with Gasteiger partial charge in [0.15, 0.2) is 0 Å². The lowest BCUT2D eigenvalue weighted by Crippen LogP contribution is -2.44. The highest BCUT2D eigenvalue weighted by Gasteiger charge is 2.33. The minimum atomic E-state index is -4.79. The van der Waals surface area contributed by atoms with Gasteiger partial charge in [0.2, 0.25) is 6.41 Å². The summed E-state index contributed by atoms with van der Waals surface area (Å²) in [6.07, 6.45) is -2.32. The predicted octanol–water partition coefficient (Wildman–Crippen LogP) is 2.78. The molecule has 31 heavy (non-hydrogen) atoms. The van der Waals surface area contributed by atoms with Gasteiger partial charge in [0.1, 0.15) is 11.9 Å². The van der Waals surface area contributed by atoms with E-state index >= 15 is 0 Å². The summed E-state index contributed by atoms with van der Waals surface area (Å²) in [5, 5.41) is 20.1. The van der Waals surface area contributed by atoms with Crippen molar-refractivity contribution < 1.29 is 32.9 Å². The summed E-state index contributed by atoms with van der Waals surface area (Å²) in [5.41, 5.74) is 3.15. The number of hydrogen-bond acceptors (Lipinski definition) is 6. The molecule has 0 radical (unpaired) electrons. The number of rotatable bonds is 6. The third-order valence-electron chi connectivity index (χ3n) is 5.22. The van der Waals surface area contributed by atoms with Crippen LogP contribution < -0.4 is 4.74 Å². The number of aromatic nitrogens is 2. The second-order valence-electron chi connectivity index (χ2n) is 7.21. The molecule has 162 valence electrons. The first-order valence-corrected chi connectivity index (χ1v) is 9.42. The van der Waals surface area contributed by atoms with Crippen LogP contribution >= 0.6 is 0 Å². The molecule has 1 saturated heterocycles. The molecule has 3 aromatic rings. The van der Waals surface area contributed by atoms with Crippen LogP contribution in [-0.2, 0) is 4.79 Å². The monoisotopic (exact) mass is 433 g/mol. The van der Waals surface area contributed by atoms with E-state index in [-0.39, 0.29) is 11.7 Å². The molecule has 0 bridgehead atoms. The van der Waals surface area contributed by atoms with Crippen molar-refractivity contribution in [3.63, 3.8) is 0 Å². The fourth-order valence-electron chi connectivity index (χ4n) is 3.80. The molecular weight excluding hydrogens is 415 g/mol. The topological polar surface area (TPSA) is 95.8 Å². The van der Waals surface area contributed by atoms with Crippen molar-refractivity contribution in [3.05, 3.63) is 53.9 Å². The average molecular weight is 433 g/mol. The molecular formula is C21H18F3N3O4. The van der Waals surface area contributed by atoms with E-state index in [1.165, 1.54) is 36.7 Å². The molecule has 0 saturated carbocycles. The zero-order chi connectivity index (χ0) is 22.2. The van der Waals surface area contributed by atoms with Gasteiger partial charge in [-0.1, -0.05) is 12.1 Å². The third kappa shape index (κ3) is 4.17. The highest BCUT2D eigenvalue weighted by atomic mass is 19.4. The first kappa shape index (κ1) is 21.0. The van der Waals surface area contributed by atoms with Crippen molar-refractivity contribution in [2.75, 3.05) is 19.7 Å². The maximum atomic E-state index is 12.5. The smallest absolute Gasteiger partial charge is 0.406 e. The predicted molar refractivity (Wildman–Crippen MR) is 104 cm³/mol. The van der Waals surface area contributed by atoms with Crippen LogP contribution in [0.4, 0.5) is 13.2 Å². The number of nitrogens with zero attached hydrogens (tertiary/aromatic N) is 3. The van der Waals surface area contributed by atoms with E-state index in [1.54, 1.807) is 11.0 Å². The quantitative estimate of drug-likeness (QED) is 0.581. The van der Waals surface area contributed by atoms with E-state index < -0.39 is 19.1 Å². The van der Waals surface area contributed by atoms with Gasteiger partial charge < -0.3 is 19.8 Å². The lowest BCUT2D eigenvalue weighted by Gasteiger charge is -2.38. The number of fused-ring (bicyclic) bond motifs is 1. The molecule has 1 unspecified atom stereocenters. The number of likely N-dealkylation sites (tertiary alicyclic amines) is 1. The van der Waals surface area contributed by atoms with Gasteiger partial charge in [-0.05, 0) is 29.3 Å². The van der Waals surface area contributed by atoms with E-state index in [1.807, 2.05) is 0 Å². The SMILES string of the molecule is O=CN1CC(c2cc(-c3ccc(OC(F)(F)F)cc3)c3nccnc3c2C(O)CO)C1.